The van der Waals surface area contributed by atoms with Gasteiger partial charge in [-0.2, -0.15) is 0 Å². The van der Waals surface area contributed by atoms with Crippen LogP contribution in [0.3, 0.4) is 0 Å². The van der Waals surface area contributed by atoms with Crippen LogP contribution in [0.4, 0.5) is 0 Å². The number of carbonyl (C=O) groups is 2. The molecule has 118 valence electrons. The molecule has 4 atom stereocenters. The molecule has 21 heavy (non-hydrogen) atoms. The van der Waals surface area contributed by atoms with Crippen molar-refractivity contribution in [2.45, 2.75) is 75.9 Å². The predicted molar refractivity (Wildman–Crippen MR) is 78.9 cm³/mol. The quantitative estimate of drug-likeness (QED) is 0.814. The van der Waals surface area contributed by atoms with Crippen LogP contribution < -0.4 is 5.32 Å². The van der Waals surface area contributed by atoms with Gasteiger partial charge in [-0.3, -0.25) is 4.79 Å². The molecule has 2 N–H and O–H groups in total. The number of fused-ring (bicyclic) bond motifs is 1. The van der Waals surface area contributed by atoms with Gasteiger partial charge < -0.3 is 15.3 Å². The van der Waals surface area contributed by atoms with Crippen molar-refractivity contribution in [2.75, 3.05) is 6.54 Å². The number of aliphatic carboxylic acids is 1. The largest absolute Gasteiger partial charge is 0.480 e. The fourth-order valence-corrected chi connectivity index (χ4v) is 4.44. The summed E-state index contributed by atoms with van der Waals surface area (Å²) in [6.45, 7) is 0.871. The minimum Gasteiger partial charge on any atom is -0.480 e. The molecular formula is C16H26N2O3. The Labute approximate surface area is 126 Å². The molecule has 1 amide bonds. The van der Waals surface area contributed by atoms with E-state index in [1.165, 1.54) is 6.42 Å². The summed E-state index contributed by atoms with van der Waals surface area (Å²) in [5, 5.41) is 12.8. The van der Waals surface area contributed by atoms with Gasteiger partial charge in [0, 0.05) is 6.04 Å². The number of carboxylic acid groups (broad SMARTS) is 1. The van der Waals surface area contributed by atoms with E-state index in [1.54, 1.807) is 4.90 Å². The summed E-state index contributed by atoms with van der Waals surface area (Å²) in [6, 6.07) is -0.619. The van der Waals surface area contributed by atoms with Gasteiger partial charge in [-0.1, -0.05) is 19.3 Å². The van der Waals surface area contributed by atoms with E-state index in [0.29, 0.717) is 12.3 Å². The zero-order chi connectivity index (χ0) is 14.8. The Bertz CT molecular complexity index is 406. The monoisotopic (exact) mass is 294 g/mol. The lowest BCUT2D eigenvalue weighted by molar-refractivity contribution is -0.159. The molecule has 5 nitrogen and oxygen atoms in total. The summed E-state index contributed by atoms with van der Waals surface area (Å²) in [5.74, 6) is -0.274. The van der Waals surface area contributed by atoms with E-state index in [0.717, 1.165) is 51.5 Å². The maximum Gasteiger partial charge on any atom is 0.326 e. The maximum atomic E-state index is 12.9. The molecule has 1 aliphatic carbocycles. The smallest absolute Gasteiger partial charge is 0.326 e. The van der Waals surface area contributed by atoms with E-state index in [2.05, 4.69) is 5.32 Å². The minimum atomic E-state index is -0.830. The van der Waals surface area contributed by atoms with E-state index in [9.17, 15) is 14.7 Å². The van der Waals surface area contributed by atoms with Crippen LogP contribution >= 0.6 is 0 Å². The average Bonchev–Trinajstić information content (AvgIpc) is 2.53. The number of hydrogen-bond donors (Lipinski definition) is 2. The predicted octanol–water partition coefficient (Wildman–Crippen LogP) is 1.76. The van der Waals surface area contributed by atoms with E-state index < -0.39 is 12.0 Å². The number of nitrogens with zero attached hydrogens (tertiary/aromatic N) is 1. The van der Waals surface area contributed by atoms with Gasteiger partial charge in [0.05, 0.1) is 6.04 Å². The lowest BCUT2D eigenvalue weighted by Crippen LogP contribution is -2.61. The van der Waals surface area contributed by atoms with Crippen LogP contribution in [-0.2, 0) is 9.59 Å². The number of amides is 1. The molecule has 0 aromatic rings. The molecule has 2 heterocycles. The second-order valence-corrected chi connectivity index (χ2v) is 6.79. The molecule has 2 saturated heterocycles. The molecular weight excluding hydrogens is 268 g/mol. The molecule has 3 fully saturated rings. The first kappa shape index (κ1) is 14.8. The summed E-state index contributed by atoms with van der Waals surface area (Å²) < 4.78 is 0. The number of piperidine rings is 2. The third-order valence-electron chi connectivity index (χ3n) is 5.52. The van der Waals surface area contributed by atoms with E-state index in [4.69, 9.17) is 0 Å². The molecule has 0 radical (unpaired) electrons. The first-order chi connectivity index (χ1) is 10.2. The van der Waals surface area contributed by atoms with Crippen LogP contribution in [0.1, 0.15) is 57.8 Å². The Balaban J connectivity index is 1.81. The molecule has 5 heteroatoms. The standard InChI is InChI=1S/C16H26N2O3/c19-15(12-6-3-4-10-17-12)18-13-7-2-1-5-11(13)8-9-14(18)16(20)21/h11-14,17H,1-10H2,(H,20,21)/t11?,12-,13?,14?/m0/s1. The number of carboxylic acids is 1. The Morgan fingerprint density at radius 2 is 1.71 bits per heavy atom. The number of carbonyl (C=O) groups excluding carboxylic acids is 1. The highest BCUT2D eigenvalue weighted by Gasteiger charge is 2.45. The fraction of sp³-hybridized carbons (Fsp3) is 0.875. The van der Waals surface area contributed by atoms with Crippen LogP contribution in [0.5, 0.6) is 0 Å². The first-order valence-corrected chi connectivity index (χ1v) is 8.47. The van der Waals surface area contributed by atoms with Crippen molar-refractivity contribution >= 4 is 11.9 Å². The molecule has 0 spiro atoms. The second-order valence-electron chi connectivity index (χ2n) is 6.79. The topological polar surface area (TPSA) is 69.6 Å². The highest BCUT2D eigenvalue weighted by molar-refractivity contribution is 5.87. The van der Waals surface area contributed by atoms with E-state index in [1.807, 2.05) is 0 Å². The number of nitrogens with one attached hydrogen (secondary N) is 1. The molecule has 3 unspecified atom stereocenters. The average molecular weight is 294 g/mol. The van der Waals surface area contributed by atoms with Gasteiger partial charge in [-0.05, 0) is 51.0 Å². The van der Waals surface area contributed by atoms with Gasteiger partial charge in [0.25, 0.3) is 0 Å². The van der Waals surface area contributed by atoms with Crippen molar-refractivity contribution in [2.24, 2.45) is 5.92 Å². The van der Waals surface area contributed by atoms with Crippen molar-refractivity contribution in [3.8, 4) is 0 Å². The molecule has 3 aliphatic rings. The Kier molecular flexibility index (Phi) is 4.48. The van der Waals surface area contributed by atoms with Crippen molar-refractivity contribution in [1.29, 1.82) is 0 Å². The number of rotatable bonds is 2. The zero-order valence-corrected chi connectivity index (χ0v) is 12.6. The van der Waals surface area contributed by atoms with Crippen molar-refractivity contribution in [3.05, 3.63) is 0 Å². The van der Waals surface area contributed by atoms with Crippen molar-refractivity contribution in [1.82, 2.24) is 10.2 Å². The van der Waals surface area contributed by atoms with Crippen LogP contribution in [0, 0.1) is 5.92 Å². The SMILES string of the molecule is O=C(O)C1CCC2CCCCC2N1C(=O)[C@@H]1CCCCN1. The third-order valence-corrected chi connectivity index (χ3v) is 5.52. The summed E-state index contributed by atoms with van der Waals surface area (Å²) in [6.07, 6.45) is 9.07. The van der Waals surface area contributed by atoms with Crippen LogP contribution in [0.25, 0.3) is 0 Å². The van der Waals surface area contributed by atoms with Gasteiger partial charge in [0.2, 0.25) is 5.91 Å². The van der Waals surface area contributed by atoms with Crippen molar-refractivity contribution < 1.29 is 14.7 Å². The number of likely N-dealkylation sites (tertiary alicyclic amines) is 1. The normalized spacial score (nSPS) is 36.9. The van der Waals surface area contributed by atoms with Gasteiger partial charge in [-0.25, -0.2) is 4.79 Å². The van der Waals surface area contributed by atoms with Crippen molar-refractivity contribution in [3.63, 3.8) is 0 Å². The summed E-state index contributed by atoms with van der Waals surface area (Å²) in [5.41, 5.74) is 0. The van der Waals surface area contributed by atoms with E-state index in [-0.39, 0.29) is 18.0 Å². The van der Waals surface area contributed by atoms with Gasteiger partial charge in [0.1, 0.15) is 6.04 Å². The third kappa shape index (κ3) is 2.93. The molecule has 0 aromatic carbocycles. The van der Waals surface area contributed by atoms with Gasteiger partial charge in [0.15, 0.2) is 0 Å². The Morgan fingerprint density at radius 3 is 2.43 bits per heavy atom. The second kappa shape index (κ2) is 6.34. The fourth-order valence-electron chi connectivity index (χ4n) is 4.44. The molecule has 2 aliphatic heterocycles. The van der Waals surface area contributed by atoms with Crippen LogP contribution in [-0.4, -0.2) is 46.6 Å². The van der Waals surface area contributed by atoms with Gasteiger partial charge in [-0.15, -0.1) is 0 Å². The Morgan fingerprint density at radius 1 is 0.952 bits per heavy atom. The Hall–Kier alpha value is -1.10. The van der Waals surface area contributed by atoms with E-state index >= 15 is 0 Å². The molecule has 1 saturated carbocycles. The summed E-state index contributed by atoms with van der Waals surface area (Å²) in [4.78, 5) is 26.3. The van der Waals surface area contributed by atoms with Gasteiger partial charge >= 0.3 is 5.97 Å². The minimum absolute atomic E-state index is 0.0405. The lowest BCUT2D eigenvalue weighted by Gasteiger charge is -2.48. The molecule has 0 bridgehead atoms. The first-order valence-electron chi connectivity index (χ1n) is 8.47. The van der Waals surface area contributed by atoms with Crippen LogP contribution in [0.2, 0.25) is 0 Å². The number of hydrogen-bond acceptors (Lipinski definition) is 3. The summed E-state index contributed by atoms with van der Waals surface area (Å²) >= 11 is 0. The van der Waals surface area contributed by atoms with Crippen LogP contribution in [0.15, 0.2) is 0 Å². The maximum absolute atomic E-state index is 12.9. The molecule has 3 rings (SSSR count). The molecule has 0 aromatic heterocycles. The highest BCUT2D eigenvalue weighted by Crippen LogP contribution is 2.38. The zero-order valence-electron chi connectivity index (χ0n) is 12.6. The highest BCUT2D eigenvalue weighted by atomic mass is 16.4. The lowest BCUT2D eigenvalue weighted by atomic mass is 9.76. The summed E-state index contributed by atoms with van der Waals surface area (Å²) in [7, 11) is 0.